The largest absolute Gasteiger partial charge is 0.478 e. The number of carbonyl (C=O) groups excluding carboxylic acids is 2. The number of carboxylic acids is 1. The van der Waals surface area contributed by atoms with Crippen molar-refractivity contribution in [1.29, 1.82) is 0 Å². The lowest BCUT2D eigenvalue weighted by atomic mass is 10.2. The molecule has 84 valence electrons. The van der Waals surface area contributed by atoms with Gasteiger partial charge in [0.2, 0.25) is 5.91 Å². The van der Waals surface area contributed by atoms with E-state index in [-0.39, 0.29) is 0 Å². The molecule has 0 bridgehead atoms. The number of carbonyl (C=O) groups is 3. The molecule has 0 radical (unpaired) electrons. The lowest BCUT2D eigenvalue weighted by Crippen LogP contribution is -2.40. The predicted molar refractivity (Wildman–Crippen MR) is 51.0 cm³/mol. The van der Waals surface area contributed by atoms with Gasteiger partial charge in [0.25, 0.3) is 0 Å². The molecule has 1 unspecified atom stereocenters. The van der Waals surface area contributed by atoms with E-state index in [1.807, 2.05) is 0 Å². The summed E-state index contributed by atoms with van der Waals surface area (Å²) >= 11 is 0. The summed E-state index contributed by atoms with van der Waals surface area (Å²) in [5.41, 5.74) is 0. The summed E-state index contributed by atoms with van der Waals surface area (Å²) in [5, 5.41) is 10.6. The van der Waals surface area contributed by atoms with Gasteiger partial charge >= 0.3 is 11.9 Å². The zero-order valence-corrected chi connectivity index (χ0v) is 8.52. The Morgan fingerprint density at radius 1 is 1.40 bits per heavy atom. The number of rotatable bonds is 5. The topological polar surface area (TPSA) is 92.7 Å². The van der Waals surface area contributed by atoms with Gasteiger partial charge in [-0.1, -0.05) is 6.92 Å². The molecule has 1 atom stereocenters. The summed E-state index contributed by atoms with van der Waals surface area (Å²) in [4.78, 5) is 32.2. The first kappa shape index (κ1) is 13.2. The fourth-order valence-electron chi connectivity index (χ4n) is 0.837. The summed E-state index contributed by atoms with van der Waals surface area (Å²) in [6.45, 7) is 1.70. The summed E-state index contributed by atoms with van der Waals surface area (Å²) in [6, 6.07) is -0.749. The molecule has 0 aromatic carbocycles. The number of aliphatic carboxylic acids is 1. The van der Waals surface area contributed by atoms with Crippen LogP contribution < -0.4 is 5.32 Å². The number of amides is 1. The molecule has 0 rings (SSSR count). The maximum Gasteiger partial charge on any atom is 0.328 e. The third kappa shape index (κ3) is 5.45. The molecule has 0 aliphatic carbocycles. The molecule has 6 heteroatoms. The molecule has 0 fully saturated rings. The Kier molecular flexibility index (Phi) is 5.77. The standard InChI is InChI=1S/C9H13NO5/c1-3-6(9(14)15-2)10-7(11)4-5-8(12)13/h4-6H,3H2,1-2H3,(H,10,11)(H,12,13)/b5-4+. The van der Waals surface area contributed by atoms with Crippen molar-refractivity contribution in [3.05, 3.63) is 12.2 Å². The Morgan fingerprint density at radius 3 is 2.40 bits per heavy atom. The quantitative estimate of drug-likeness (QED) is 0.485. The monoisotopic (exact) mass is 215 g/mol. The van der Waals surface area contributed by atoms with Gasteiger partial charge in [-0.05, 0) is 6.42 Å². The second kappa shape index (κ2) is 6.58. The highest BCUT2D eigenvalue weighted by molar-refractivity contribution is 5.95. The number of nitrogens with one attached hydrogen (secondary N) is 1. The Bertz CT molecular complexity index is 284. The number of methoxy groups -OCH3 is 1. The van der Waals surface area contributed by atoms with Gasteiger partial charge in [0, 0.05) is 12.2 Å². The molecule has 2 N–H and O–H groups in total. The van der Waals surface area contributed by atoms with Crippen LogP contribution in [0.15, 0.2) is 12.2 Å². The van der Waals surface area contributed by atoms with Crippen molar-refractivity contribution in [2.24, 2.45) is 0 Å². The molecule has 0 aliphatic heterocycles. The maximum absolute atomic E-state index is 11.1. The van der Waals surface area contributed by atoms with Crippen molar-refractivity contribution in [3.8, 4) is 0 Å². The Hall–Kier alpha value is -1.85. The van der Waals surface area contributed by atoms with E-state index in [0.717, 1.165) is 6.08 Å². The summed E-state index contributed by atoms with van der Waals surface area (Å²) in [6.07, 6.45) is 1.91. The molecule has 0 aromatic heterocycles. The molecule has 0 heterocycles. The van der Waals surface area contributed by atoms with Crippen molar-refractivity contribution in [1.82, 2.24) is 5.32 Å². The van der Waals surface area contributed by atoms with Crippen LogP contribution in [0.4, 0.5) is 0 Å². The first-order valence-corrected chi connectivity index (χ1v) is 4.30. The van der Waals surface area contributed by atoms with Crippen LogP contribution in [0.25, 0.3) is 0 Å². The van der Waals surface area contributed by atoms with Gasteiger partial charge in [-0.25, -0.2) is 9.59 Å². The predicted octanol–water partition coefficient (Wildman–Crippen LogP) is -0.305. The van der Waals surface area contributed by atoms with Crippen molar-refractivity contribution in [3.63, 3.8) is 0 Å². The van der Waals surface area contributed by atoms with Crippen LogP contribution >= 0.6 is 0 Å². The Balaban J connectivity index is 4.25. The highest BCUT2D eigenvalue weighted by Gasteiger charge is 2.17. The highest BCUT2D eigenvalue weighted by atomic mass is 16.5. The van der Waals surface area contributed by atoms with Gasteiger partial charge in [0.15, 0.2) is 0 Å². The van der Waals surface area contributed by atoms with Crippen molar-refractivity contribution in [2.75, 3.05) is 7.11 Å². The van der Waals surface area contributed by atoms with Crippen LogP contribution in [-0.4, -0.2) is 36.1 Å². The van der Waals surface area contributed by atoms with Crippen molar-refractivity contribution in [2.45, 2.75) is 19.4 Å². The van der Waals surface area contributed by atoms with E-state index in [9.17, 15) is 14.4 Å². The fourth-order valence-corrected chi connectivity index (χ4v) is 0.837. The van der Waals surface area contributed by atoms with Gasteiger partial charge in [-0.2, -0.15) is 0 Å². The minimum Gasteiger partial charge on any atom is -0.478 e. The van der Waals surface area contributed by atoms with E-state index in [1.54, 1.807) is 6.92 Å². The van der Waals surface area contributed by atoms with E-state index in [1.165, 1.54) is 7.11 Å². The molecule has 0 spiro atoms. The molecule has 0 saturated carbocycles. The Labute approximate surface area is 86.9 Å². The molecular weight excluding hydrogens is 202 g/mol. The van der Waals surface area contributed by atoms with Crippen LogP contribution in [0.3, 0.4) is 0 Å². The second-order valence-electron chi connectivity index (χ2n) is 2.66. The zero-order valence-electron chi connectivity index (χ0n) is 8.52. The molecule has 0 aromatic rings. The average Bonchev–Trinajstić information content (AvgIpc) is 2.21. The van der Waals surface area contributed by atoms with E-state index in [2.05, 4.69) is 10.1 Å². The van der Waals surface area contributed by atoms with E-state index in [4.69, 9.17) is 5.11 Å². The van der Waals surface area contributed by atoms with Crippen LogP contribution in [0.1, 0.15) is 13.3 Å². The first-order chi connectivity index (χ1) is 7.01. The van der Waals surface area contributed by atoms with Crippen LogP contribution in [0.5, 0.6) is 0 Å². The number of hydrogen-bond donors (Lipinski definition) is 2. The van der Waals surface area contributed by atoms with Gasteiger partial charge in [-0.15, -0.1) is 0 Å². The van der Waals surface area contributed by atoms with E-state index < -0.39 is 23.9 Å². The summed E-state index contributed by atoms with van der Waals surface area (Å²) in [5.74, 6) is -2.43. The molecular formula is C9H13NO5. The summed E-state index contributed by atoms with van der Waals surface area (Å²) < 4.78 is 4.44. The minimum atomic E-state index is -1.23. The second-order valence-corrected chi connectivity index (χ2v) is 2.66. The molecule has 1 amide bonds. The lowest BCUT2D eigenvalue weighted by molar-refractivity contribution is -0.144. The minimum absolute atomic E-state index is 0.374. The van der Waals surface area contributed by atoms with Gasteiger partial charge in [-0.3, -0.25) is 4.79 Å². The Morgan fingerprint density at radius 2 is 2.00 bits per heavy atom. The third-order valence-corrected chi connectivity index (χ3v) is 1.59. The van der Waals surface area contributed by atoms with Crippen molar-refractivity contribution >= 4 is 17.8 Å². The highest BCUT2D eigenvalue weighted by Crippen LogP contribution is 1.93. The van der Waals surface area contributed by atoms with Gasteiger partial charge < -0.3 is 15.2 Å². The summed E-state index contributed by atoms with van der Waals surface area (Å²) in [7, 11) is 1.21. The van der Waals surface area contributed by atoms with Gasteiger partial charge in [0.1, 0.15) is 6.04 Å². The smallest absolute Gasteiger partial charge is 0.328 e. The molecule has 6 nitrogen and oxygen atoms in total. The van der Waals surface area contributed by atoms with Crippen molar-refractivity contribution < 1.29 is 24.2 Å². The number of carboxylic acid groups (broad SMARTS) is 1. The molecule has 0 aliphatic rings. The first-order valence-electron chi connectivity index (χ1n) is 4.30. The lowest BCUT2D eigenvalue weighted by Gasteiger charge is -2.12. The van der Waals surface area contributed by atoms with Gasteiger partial charge in [0.05, 0.1) is 7.11 Å². The number of hydrogen-bond acceptors (Lipinski definition) is 4. The third-order valence-electron chi connectivity index (χ3n) is 1.59. The number of esters is 1. The number of ether oxygens (including phenoxy) is 1. The van der Waals surface area contributed by atoms with Crippen LogP contribution in [0, 0.1) is 0 Å². The maximum atomic E-state index is 11.1. The normalized spacial score (nSPS) is 12.1. The van der Waals surface area contributed by atoms with Crippen LogP contribution in [-0.2, 0) is 19.1 Å². The average molecular weight is 215 g/mol. The van der Waals surface area contributed by atoms with E-state index >= 15 is 0 Å². The molecule has 0 saturated heterocycles. The fraction of sp³-hybridized carbons (Fsp3) is 0.444. The SMILES string of the molecule is CCC(NC(=O)/C=C/C(=O)O)C(=O)OC. The molecule has 15 heavy (non-hydrogen) atoms. The zero-order chi connectivity index (χ0) is 11.8. The van der Waals surface area contributed by atoms with Crippen LogP contribution in [0.2, 0.25) is 0 Å². The van der Waals surface area contributed by atoms with E-state index in [0.29, 0.717) is 12.5 Å².